The Morgan fingerprint density at radius 1 is 1.19 bits per heavy atom. The maximum absolute atomic E-state index is 11.9. The molecule has 0 amide bonds. The van der Waals surface area contributed by atoms with E-state index in [0.29, 0.717) is 18.7 Å². The Kier molecular flexibility index (Phi) is 6.33. The summed E-state index contributed by atoms with van der Waals surface area (Å²) in [5.74, 6) is 0.983. The molecule has 0 heterocycles. The monoisotopic (exact) mass is 305 g/mol. The molecule has 0 aliphatic rings. The van der Waals surface area contributed by atoms with E-state index in [1.54, 1.807) is 0 Å². The molecule has 120 valence electrons. The van der Waals surface area contributed by atoms with Crippen LogP contribution in [-0.4, -0.2) is 26.0 Å². The van der Waals surface area contributed by atoms with Crippen molar-refractivity contribution >= 4 is 5.69 Å². The molecule has 0 spiro atoms. The molecule has 0 aromatic heterocycles. The lowest BCUT2D eigenvalue weighted by molar-refractivity contribution is -0.174. The summed E-state index contributed by atoms with van der Waals surface area (Å²) in [6.07, 6.45) is -3.88. The Hall–Kier alpha value is -1.43. The fraction of sp³-hybridized carbons (Fsp3) is 0.600. The van der Waals surface area contributed by atoms with Crippen molar-refractivity contribution in [2.45, 2.75) is 39.3 Å². The van der Waals surface area contributed by atoms with Gasteiger partial charge in [0, 0.05) is 12.1 Å². The summed E-state index contributed by atoms with van der Waals surface area (Å²) in [6.45, 7) is 5.06. The summed E-state index contributed by atoms with van der Waals surface area (Å²) in [4.78, 5) is 0. The number of ether oxygens (including phenoxy) is 2. The van der Waals surface area contributed by atoms with E-state index in [9.17, 15) is 13.2 Å². The number of nitrogens with two attached hydrogens (primary N) is 1. The fourth-order valence-electron chi connectivity index (χ4n) is 1.82. The smallest absolute Gasteiger partial charge is 0.411 e. The molecule has 0 unspecified atom stereocenters. The molecule has 1 aromatic carbocycles. The van der Waals surface area contributed by atoms with E-state index in [1.165, 1.54) is 0 Å². The molecule has 1 rings (SSSR count). The maximum atomic E-state index is 11.9. The summed E-state index contributed by atoms with van der Waals surface area (Å²) < 4.78 is 45.8. The molecule has 6 heteroatoms. The largest absolute Gasteiger partial charge is 0.493 e. The Morgan fingerprint density at radius 2 is 1.86 bits per heavy atom. The molecular formula is C15H22F3NO2. The van der Waals surface area contributed by atoms with Crippen LogP contribution < -0.4 is 10.5 Å². The molecular weight excluding hydrogens is 283 g/mol. The van der Waals surface area contributed by atoms with Crippen LogP contribution in [0.5, 0.6) is 5.75 Å². The van der Waals surface area contributed by atoms with Crippen molar-refractivity contribution in [3.05, 3.63) is 23.3 Å². The zero-order valence-electron chi connectivity index (χ0n) is 12.6. The number of aryl methyl sites for hydroxylation is 1. The van der Waals surface area contributed by atoms with Crippen molar-refractivity contribution < 1.29 is 22.6 Å². The number of alkyl halides is 3. The fourth-order valence-corrected chi connectivity index (χ4v) is 1.82. The van der Waals surface area contributed by atoms with E-state index in [1.807, 2.05) is 32.9 Å². The Morgan fingerprint density at radius 3 is 2.43 bits per heavy atom. The summed E-state index contributed by atoms with van der Waals surface area (Å²) in [7, 11) is 0. The van der Waals surface area contributed by atoms with Crippen molar-refractivity contribution in [1.29, 1.82) is 0 Å². The second kappa shape index (κ2) is 7.54. The molecule has 0 aliphatic carbocycles. The number of rotatable bonds is 7. The van der Waals surface area contributed by atoms with Crippen molar-refractivity contribution in [2.75, 3.05) is 25.6 Å². The van der Waals surface area contributed by atoms with E-state index in [-0.39, 0.29) is 12.5 Å². The number of anilines is 1. The van der Waals surface area contributed by atoms with Crippen LogP contribution in [0.15, 0.2) is 12.1 Å². The molecule has 2 N–H and O–H groups in total. The van der Waals surface area contributed by atoms with Crippen LogP contribution in [0.3, 0.4) is 0 Å². The van der Waals surface area contributed by atoms with Crippen LogP contribution >= 0.6 is 0 Å². The second-order valence-corrected chi connectivity index (χ2v) is 5.27. The molecule has 1 aromatic rings. The van der Waals surface area contributed by atoms with Gasteiger partial charge in [-0.05, 0) is 36.1 Å². The average molecular weight is 305 g/mol. The van der Waals surface area contributed by atoms with Crippen LogP contribution in [0.2, 0.25) is 0 Å². The Labute approximate surface area is 123 Å². The van der Waals surface area contributed by atoms with Gasteiger partial charge >= 0.3 is 6.18 Å². The molecule has 0 fully saturated rings. The predicted molar refractivity (Wildman–Crippen MR) is 76.7 cm³/mol. The van der Waals surface area contributed by atoms with Crippen LogP contribution in [0.4, 0.5) is 18.9 Å². The van der Waals surface area contributed by atoms with Gasteiger partial charge in [-0.3, -0.25) is 0 Å². The Bertz CT molecular complexity index is 459. The van der Waals surface area contributed by atoms with E-state index in [4.69, 9.17) is 10.5 Å². The summed E-state index contributed by atoms with van der Waals surface area (Å²) in [5.41, 5.74) is 8.50. The van der Waals surface area contributed by atoms with Crippen LogP contribution in [0.25, 0.3) is 0 Å². The van der Waals surface area contributed by atoms with Gasteiger partial charge in [0.05, 0.1) is 13.2 Å². The molecule has 0 saturated heterocycles. The number of hydrogen-bond acceptors (Lipinski definition) is 3. The van der Waals surface area contributed by atoms with Crippen LogP contribution in [0, 0.1) is 6.92 Å². The summed E-state index contributed by atoms with van der Waals surface area (Å²) in [6, 6.07) is 3.75. The minimum Gasteiger partial charge on any atom is -0.493 e. The zero-order chi connectivity index (χ0) is 16.0. The maximum Gasteiger partial charge on any atom is 0.411 e. The van der Waals surface area contributed by atoms with Gasteiger partial charge in [0.25, 0.3) is 0 Å². The second-order valence-electron chi connectivity index (χ2n) is 5.27. The molecule has 0 saturated carbocycles. The summed E-state index contributed by atoms with van der Waals surface area (Å²) in [5, 5.41) is 0. The lowest BCUT2D eigenvalue weighted by atomic mass is 9.99. The molecule has 0 aliphatic heterocycles. The van der Waals surface area contributed by atoms with Gasteiger partial charge in [0.1, 0.15) is 12.4 Å². The first-order valence-electron chi connectivity index (χ1n) is 6.88. The van der Waals surface area contributed by atoms with Gasteiger partial charge < -0.3 is 15.2 Å². The van der Waals surface area contributed by atoms with Gasteiger partial charge in [0.15, 0.2) is 0 Å². The normalized spacial score (nSPS) is 12.0. The lowest BCUT2D eigenvalue weighted by Crippen LogP contribution is -2.18. The highest BCUT2D eigenvalue weighted by Gasteiger charge is 2.27. The van der Waals surface area contributed by atoms with Crippen molar-refractivity contribution in [3.8, 4) is 5.75 Å². The standard InChI is InChI=1S/C15H22F3NO2/c1-10(2)12-8-13(19)11(3)7-14(12)21-6-4-5-20-9-15(16,17)18/h7-8,10H,4-6,9,19H2,1-3H3. The highest BCUT2D eigenvalue weighted by Crippen LogP contribution is 2.31. The van der Waals surface area contributed by atoms with E-state index in [0.717, 1.165) is 16.9 Å². The minimum atomic E-state index is -4.28. The third kappa shape index (κ3) is 6.25. The number of hydrogen-bond donors (Lipinski definition) is 1. The van der Waals surface area contributed by atoms with Crippen LogP contribution in [-0.2, 0) is 4.74 Å². The van der Waals surface area contributed by atoms with Gasteiger partial charge in [-0.1, -0.05) is 13.8 Å². The topological polar surface area (TPSA) is 44.5 Å². The van der Waals surface area contributed by atoms with Gasteiger partial charge in [-0.25, -0.2) is 0 Å². The van der Waals surface area contributed by atoms with E-state index in [2.05, 4.69) is 4.74 Å². The lowest BCUT2D eigenvalue weighted by Gasteiger charge is -2.16. The van der Waals surface area contributed by atoms with E-state index < -0.39 is 12.8 Å². The average Bonchev–Trinajstić information content (AvgIpc) is 2.35. The van der Waals surface area contributed by atoms with Crippen molar-refractivity contribution in [3.63, 3.8) is 0 Å². The predicted octanol–water partition coefficient (Wildman–Crippen LogP) is 4.05. The van der Waals surface area contributed by atoms with Crippen molar-refractivity contribution in [2.24, 2.45) is 0 Å². The van der Waals surface area contributed by atoms with Gasteiger partial charge in [-0.15, -0.1) is 0 Å². The first-order valence-corrected chi connectivity index (χ1v) is 6.88. The summed E-state index contributed by atoms with van der Waals surface area (Å²) >= 11 is 0. The molecule has 0 bridgehead atoms. The zero-order valence-corrected chi connectivity index (χ0v) is 12.6. The first-order chi connectivity index (χ1) is 9.70. The van der Waals surface area contributed by atoms with Crippen molar-refractivity contribution in [1.82, 2.24) is 0 Å². The van der Waals surface area contributed by atoms with Gasteiger partial charge in [0.2, 0.25) is 0 Å². The van der Waals surface area contributed by atoms with Gasteiger partial charge in [-0.2, -0.15) is 13.2 Å². The first kappa shape index (κ1) is 17.6. The molecule has 0 atom stereocenters. The molecule has 21 heavy (non-hydrogen) atoms. The number of nitrogen functional groups attached to an aromatic ring is 1. The minimum absolute atomic E-state index is 0.0183. The molecule has 3 nitrogen and oxygen atoms in total. The molecule has 0 radical (unpaired) electrons. The SMILES string of the molecule is Cc1cc(OCCCOCC(F)(F)F)c(C(C)C)cc1N. The Balaban J connectivity index is 2.46. The quantitative estimate of drug-likeness (QED) is 0.610. The number of benzene rings is 1. The third-order valence-corrected chi connectivity index (χ3v) is 2.98. The van der Waals surface area contributed by atoms with Crippen LogP contribution in [0.1, 0.15) is 37.3 Å². The van der Waals surface area contributed by atoms with E-state index >= 15 is 0 Å². The highest BCUT2D eigenvalue weighted by molar-refractivity contribution is 5.55. The number of halogens is 3. The third-order valence-electron chi connectivity index (χ3n) is 2.98. The highest BCUT2D eigenvalue weighted by atomic mass is 19.4.